The van der Waals surface area contributed by atoms with E-state index >= 15 is 0 Å². The fourth-order valence-corrected chi connectivity index (χ4v) is 3.34. The summed E-state index contributed by atoms with van der Waals surface area (Å²) in [4.78, 5) is 35.1. The SMILES string of the molecule is COc1ccc(C)cc1[C@H]1O[C@@H](C)[C@@H](OC(C)=O)[C@@H](OC(C)=O)[C@@H]1OC(C)=O. The minimum Gasteiger partial charge on any atom is -0.496 e. The summed E-state index contributed by atoms with van der Waals surface area (Å²) in [7, 11) is 1.52. The molecular weight excluding hydrogens is 368 g/mol. The van der Waals surface area contributed by atoms with Crippen LogP contribution >= 0.6 is 0 Å². The zero-order chi connectivity index (χ0) is 21.0. The first-order chi connectivity index (χ1) is 13.1. The Kier molecular flexibility index (Phi) is 7.01. The molecule has 1 aromatic rings. The van der Waals surface area contributed by atoms with Crippen molar-refractivity contribution >= 4 is 17.9 Å². The van der Waals surface area contributed by atoms with E-state index in [1.165, 1.54) is 27.9 Å². The van der Waals surface area contributed by atoms with Crippen LogP contribution in [0.4, 0.5) is 0 Å². The Morgan fingerprint density at radius 3 is 1.96 bits per heavy atom. The molecule has 1 aliphatic heterocycles. The van der Waals surface area contributed by atoms with Crippen molar-refractivity contribution in [1.29, 1.82) is 0 Å². The second-order valence-electron chi connectivity index (χ2n) is 6.73. The van der Waals surface area contributed by atoms with Crippen molar-refractivity contribution in [1.82, 2.24) is 0 Å². The van der Waals surface area contributed by atoms with Gasteiger partial charge in [0.15, 0.2) is 18.3 Å². The van der Waals surface area contributed by atoms with E-state index in [9.17, 15) is 14.4 Å². The third-order valence-electron chi connectivity index (χ3n) is 4.37. The van der Waals surface area contributed by atoms with Crippen LogP contribution in [0, 0.1) is 6.92 Å². The van der Waals surface area contributed by atoms with E-state index in [1.807, 2.05) is 19.1 Å². The number of esters is 3. The summed E-state index contributed by atoms with van der Waals surface area (Å²) in [5, 5.41) is 0. The number of carbonyl (C=O) groups excluding carboxylic acids is 3. The van der Waals surface area contributed by atoms with E-state index in [4.69, 9.17) is 23.7 Å². The van der Waals surface area contributed by atoms with E-state index in [-0.39, 0.29) is 0 Å². The highest BCUT2D eigenvalue weighted by Crippen LogP contribution is 2.40. The van der Waals surface area contributed by atoms with Crippen molar-refractivity contribution in [2.75, 3.05) is 7.11 Å². The Balaban J connectivity index is 2.55. The molecule has 0 amide bonds. The minimum atomic E-state index is -1.04. The van der Waals surface area contributed by atoms with Crippen LogP contribution in [-0.2, 0) is 33.3 Å². The average Bonchev–Trinajstić information content (AvgIpc) is 2.59. The van der Waals surface area contributed by atoms with Gasteiger partial charge in [-0.25, -0.2) is 0 Å². The molecule has 8 heteroatoms. The summed E-state index contributed by atoms with van der Waals surface area (Å²) in [5.41, 5.74) is 1.58. The Morgan fingerprint density at radius 1 is 0.893 bits per heavy atom. The lowest BCUT2D eigenvalue weighted by atomic mass is 9.90. The molecule has 0 N–H and O–H groups in total. The molecule has 1 fully saturated rings. The van der Waals surface area contributed by atoms with Gasteiger partial charge in [0.05, 0.1) is 13.2 Å². The molecule has 28 heavy (non-hydrogen) atoms. The lowest BCUT2D eigenvalue weighted by Crippen LogP contribution is -2.57. The molecule has 154 valence electrons. The number of aryl methyl sites for hydroxylation is 1. The topological polar surface area (TPSA) is 97.4 Å². The average molecular weight is 394 g/mol. The normalized spacial score (nSPS) is 26.9. The van der Waals surface area contributed by atoms with Gasteiger partial charge in [-0.15, -0.1) is 0 Å². The number of carbonyl (C=O) groups is 3. The van der Waals surface area contributed by atoms with E-state index in [1.54, 1.807) is 13.0 Å². The molecule has 8 nitrogen and oxygen atoms in total. The quantitative estimate of drug-likeness (QED) is 0.554. The molecule has 1 aromatic carbocycles. The Morgan fingerprint density at radius 2 is 1.43 bits per heavy atom. The van der Waals surface area contributed by atoms with Crippen molar-refractivity contribution in [3.05, 3.63) is 29.3 Å². The molecule has 0 radical (unpaired) electrons. The summed E-state index contributed by atoms with van der Waals surface area (Å²) in [6.07, 6.45) is -4.42. The van der Waals surface area contributed by atoms with Crippen LogP contribution in [0.25, 0.3) is 0 Å². The first kappa shape index (κ1) is 21.7. The van der Waals surface area contributed by atoms with Gasteiger partial charge in [0.1, 0.15) is 11.9 Å². The highest BCUT2D eigenvalue weighted by Gasteiger charge is 2.51. The first-order valence-electron chi connectivity index (χ1n) is 8.95. The van der Waals surface area contributed by atoms with Crippen molar-refractivity contribution in [3.63, 3.8) is 0 Å². The van der Waals surface area contributed by atoms with Crippen molar-refractivity contribution in [3.8, 4) is 5.75 Å². The molecular formula is C20H26O8. The van der Waals surface area contributed by atoms with Gasteiger partial charge in [0.2, 0.25) is 0 Å². The monoisotopic (exact) mass is 394 g/mol. The smallest absolute Gasteiger partial charge is 0.303 e. The molecule has 1 saturated heterocycles. The number of benzene rings is 1. The number of methoxy groups -OCH3 is 1. The maximum atomic E-state index is 11.8. The second kappa shape index (κ2) is 9.05. The fourth-order valence-electron chi connectivity index (χ4n) is 3.34. The zero-order valence-electron chi connectivity index (χ0n) is 16.9. The lowest BCUT2D eigenvalue weighted by Gasteiger charge is -2.44. The Labute approximate surface area is 164 Å². The molecule has 1 heterocycles. The molecule has 2 rings (SSSR count). The molecule has 0 spiro atoms. The highest BCUT2D eigenvalue weighted by atomic mass is 16.6. The number of ether oxygens (including phenoxy) is 5. The molecule has 0 aliphatic carbocycles. The van der Waals surface area contributed by atoms with Crippen molar-refractivity contribution in [2.45, 2.75) is 65.1 Å². The fraction of sp³-hybridized carbons (Fsp3) is 0.550. The zero-order valence-corrected chi connectivity index (χ0v) is 16.9. The van der Waals surface area contributed by atoms with Gasteiger partial charge in [-0.1, -0.05) is 11.6 Å². The van der Waals surface area contributed by atoms with Crippen LogP contribution in [0.1, 0.15) is 44.9 Å². The lowest BCUT2D eigenvalue weighted by molar-refractivity contribution is -0.245. The Hall–Kier alpha value is -2.61. The first-order valence-corrected chi connectivity index (χ1v) is 8.95. The maximum Gasteiger partial charge on any atom is 0.303 e. The van der Waals surface area contributed by atoms with Gasteiger partial charge in [-0.2, -0.15) is 0 Å². The van der Waals surface area contributed by atoms with Gasteiger partial charge < -0.3 is 23.7 Å². The third kappa shape index (κ3) is 5.01. The predicted octanol–water partition coefficient (Wildman–Crippen LogP) is 2.26. The summed E-state index contributed by atoms with van der Waals surface area (Å²) in [6, 6.07) is 5.51. The van der Waals surface area contributed by atoms with Crippen LogP contribution in [-0.4, -0.2) is 49.4 Å². The third-order valence-corrected chi connectivity index (χ3v) is 4.37. The van der Waals surface area contributed by atoms with E-state index in [0.29, 0.717) is 11.3 Å². The van der Waals surface area contributed by atoms with E-state index in [0.717, 1.165) is 5.56 Å². The molecule has 5 atom stereocenters. The van der Waals surface area contributed by atoms with Gasteiger partial charge in [0.25, 0.3) is 0 Å². The van der Waals surface area contributed by atoms with Crippen LogP contribution in [0.2, 0.25) is 0 Å². The van der Waals surface area contributed by atoms with E-state index < -0.39 is 48.4 Å². The maximum absolute atomic E-state index is 11.8. The molecule has 0 saturated carbocycles. The van der Waals surface area contributed by atoms with Crippen LogP contribution in [0.3, 0.4) is 0 Å². The predicted molar refractivity (Wildman–Crippen MR) is 97.7 cm³/mol. The summed E-state index contributed by atoms with van der Waals surface area (Å²) < 4.78 is 27.8. The number of hydrogen-bond acceptors (Lipinski definition) is 8. The summed E-state index contributed by atoms with van der Waals surface area (Å²) in [5.74, 6) is -1.21. The van der Waals surface area contributed by atoms with Gasteiger partial charge in [-0.3, -0.25) is 14.4 Å². The standard InChI is InChI=1S/C20H26O8/c1-10-7-8-16(24-6)15(9-10)18-20(28-14(5)23)19(27-13(4)22)17(11(2)25-18)26-12(3)21/h7-9,11,17-20H,1-6H3/t11-,17+,18+,19+,20+/m0/s1. The van der Waals surface area contributed by atoms with Gasteiger partial charge >= 0.3 is 17.9 Å². The molecule has 1 aliphatic rings. The number of hydrogen-bond donors (Lipinski definition) is 0. The molecule has 0 bridgehead atoms. The molecule has 0 unspecified atom stereocenters. The Bertz CT molecular complexity index is 744. The van der Waals surface area contributed by atoms with Crippen molar-refractivity contribution < 1.29 is 38.1 Å². The number of rotatable bonds is 5. The van der Waals surface area contributed by atoms with Crippen LogP contribution < -0.4 is 4.74 Å². The van der Waals surface area contributed by atoms with E-state index in [2.05, 4.69) is 0 Å². The second-order valence-corrected chi connectivity index (χ2v) is 6.73. The minimum absolute atomic E-state index is 0.535. The van der Waals surface area contributed by atoms with Crippen molar-refractivity contribution in [2.24, 2.45) is 0 Å². The molecule has 0 aromatic heterocycles. The summed E-state index contributed by atoms with van der Waals surface area (Å²) >= 11 is 0. The van der Waals surface area contributed by atoms with Crippen LogP contribution in [0.5, 0.6) is 5.75 Å². The highest BCUT2D eigenvalue weighted by molar-refractivity contribution is 5.68. The van der Waals surface area contributed by atoms with Crippen LogP contribution in [0.15, 0.2) is 18.2 Å². The summed E-state index contributed by atoms with van der Waals surface area (Å²) in [6.45, 7) is 7.32. The van der Waals surface area contributed by atoms with Gasteiger partial charge in [0, 0.05) is 26.3 Å². The largest absolute Gasteiger partial charge is 0.496 e. The van der Waals surface area contributed by atoms with Gasteiger partial charge in [-0.05, 0) is 26.0 Å².